The number of unbranched alkanes of at least 4 members (excludes halogenated alkanes) is 3. The average molecular weight is 556 g/mol. The van der Waals surface area contributed by atoms with E-state index in [1.807, 2.05) is 18.2 Å². The molecule has 3 aliphatic carbocycles. The van der Waals surface area contributed by atoms with Crippen molar-refractivity contribution in [1.82, 2.24) is 5.32 Å². The summed E-state index contributed by atoms with van der Waals surface area (Å²) in [4.78, 5) is 12.1. The number of nitrogens with one attached hydrogen (secondary N) is 1. The number of phenols is 1. The van der Waals surface area contributed by atoms with Crippen LogP contribution in [0.25, 0.3) is 12.2 Å². The van der Waals surface area contributed by atoms with Gasteiger partial charge in [-0.3, -0.25) is 4.79 Å². The van der Waals surface area contributed by atoms with Crippen molar-refractivity contribution in [3.8, 4) is 5.75 Å². The van der Waals surface area contributed by atoms with Gasteiger partial charge in [0.15, 0.2) is 0 Å². The molecule has 5 rings (SSSR count). The molecule has 2 aromatic rings. The first-order valence-corrected chi connectivity index (χ1v) is 16.1. The number of hydrogen-bond donors (Lipinski definition) is 3. The van der Waals surface area contributed by atoms with Crippen molar-refractivity contribution >= 4 is 18.1 Å². The molecular formula is C37H49NO3. The van der Waals surface area contributed by atoms with E-state index in [9.17, 15) is 15.0 Å². The zero-order chi connectivity index (χ0) is 28.8. The first kappa shape index (κ1) is 29.6. The van der Waals surface area contributed by atoms with Crippen LogP contribution >= 0.6 is 0 Å². The number of allylic oxidation sites excluding steroid dienone is 1. The number of hydrogen-bond acceptors (Lipinski definition) is 3. The van der Waals surface area contributed by atoms with Gasteiger partial charge in [-0.25, -0.2) is 0 Å². The van der Waals surface area contributed by atoms with E-state index >= 15 is 0 Å². The number of aliphatic hydroxyl groups is 1. The third kappa shape index (κ3) is 6.80. The second kappa shape index (κ2) is 13.4. The Bertz CT molecular complexity index is 1230. The number of rotatable bonds is 11. The highest BCUT2D eigenvalue weighted by atomic mass is 16.3. The van der Waals surface area contributed by atoms with Crippen LogP contribution in [-0.4, -0.2) is 28.8 Å². The molecule has 3 unspecified atom stereocenters. The number of phenolic OH excluding ortho intramolecular Hbond substituents is 1. The molecular weight excluding hydrogens is 506 g/mol. The standard InChI is InChI=1S/C37H49NO3/c1-3-4-5-8-23-38-35(41)20-15-27-13-11-26(12-14-27)9-6-7-10-28-24-29-25-30(39)16-17-31(29)32-21-22-37(2)33(36(28)32)18-19-34(37)40/h6,9,11-17,20,25,28,32-34,36,39-40H,3-5,7-8,10,18-19,21-24H2,1-2H3,(H,38,41)/t28-,32?,33?,34-,36?,37+/m1/s1. The second-order valence-corrected chi connectivity index (χ2v) is 13.1. The average Bonchev–Trinajstić information content (AvgIpc) is 3.28. The Morgan fingerprint density at radius 2 is 1.80 bits per heavy atom. The Labute approximate surface area is 247 Å². The molecule has 4 heteroatoms. The van der Waals surface area contributed by atoms with Gasteiger partial charge in [0.2, 0.25) is 5.91 Å². The second-order valence-electron chi connectivity index (χ2n) is 13.1. The van der Waals surface area contributed by atoms with E-state index in [-0.39, 0.29) is 17.4 Å². The van der Waals surface area contributed by atoms with E-state index in [2.05, 4.69) is 61.6 Å². The maximum Gasteiger partial charge on any atom is 0.243 e. The maximum atomic E-state index is 12.1. The minimum atomic E-state index is -0.169. The van der Waals surface area contributed by atoms with E-state index in [1.165, 1.54) is 36.0 Å². The van der Waals surface area contributed by atoms with Crippen molar-refractivity contribution < 1.29 is 15.0 Å². The molecule has 0 heterocycles. The highest BCUT2D eigenvalue weighted by molar-refractivity contribution is 5.91. The number of aromatic hydroxyl groups is 1. The third-order valence-electron chi connectivity index (χ3n) is 10.5. The molecule has 0 bridgehead atoms. The Morgan fingerprint density at radius 1 is 1.02 bits per heavy atom. The smallest absolute Gasteiger partial charge is 0.243 e. The quantitative estimate of drug-likeness (QED) is 0.194. The number of carbonyl (C=O) groups excluding carboxylic acids is 1. The largest absolute Gasteiger partial charge is 0.508 e. The molecule has 0 saturated heterocycles. The molecule has 2 fully saturated rings. The number of fused-ring (bicyclic) bond motifs is 5. The zero-order valence-electron chi connectivity index (χ0n) is 25.0. The minimum absolute atomic E-state index is 0.0290. The number of amides is 1. The van der Waals surface area contributed by atoms with Crippen LogP contribution in [0, 0.1) is 23.2 Å². The van der Waals surface area contributed by atoms with Crippen molar-refractivity contribution in [3.05, 3.63) is 76.9 Å². The van der Waals surface area contributed by atoms with Crippen molar-refractivity contribution in [2.45, 2.75) is 96.5 Å². The first-order chi connectivity index (χ1) is 19.9. The van der Waals surface area contributed by atoms with Gasteiger partial charge in [0.05, 0.1) is 6.10 Å². The third-order valence-corrected chi connectivity index (χ3v) is 10.5. The summed E-state index contributed by atoms with van der Waals surface area (Å²) in [6, 6.07) is 14.4. The van der Waals surface area contributed by atoms with Gasteiger partial charge in [-0.1, -0.05) is 75.6 Å². The number of aliphatic hydroxyl groups excluding tert-OH is 1. The van der Waals surface area contributed by atoms with Crippen LogP contribution in [-0.2, 0) is 11.2 Å². The molecule has 3 aliphatic rings. The molecule has 220 valence electrons. The topological polar surface area (TPSA) is 69.6 Å². The fraction of sp³-hybridized carbons (Fsp3) is 0.541. The molecule has 0 radical (unpaired) electrons. The predicted molar refractivity (Wildman–Crippen MR) is 168 cm³/mol. The summed E-state index contributed by atoms with van der Waals surface area (Å²) in [7, 11) is 0. The van der Waals surface area contributed by atoms with Gasteiger partial charge in [-0.15, -0.1) is 0 Å². The zero-order valence-corrected chi connectivity index (χ0v) is 25.0. The molecule has 2 aromatic carbocycles. The predicted octanol–water partition coefficient (Wildman–Crippen LogP) is 8.04. The molecule has 6 atom stereocenters. The normalized spacial score (nSPS) is 28.9. The molecule has 41 heavy (non-hydrogen) atoms. The lowest BCUT2D eigenvalue weighted by atomic mass is 9.52. The van der Waals surface area contributed by atoms with Gasteiger partial charge in [0, 0.05) is 12.6 Å². The lowest BCUT2D eigenvalue weighted by molar-refractivity contribution is -0.116. The summed E-state index contributed by atoms with van der Waals surface area (Å²) < 4.78 is 0. The van der Waals surface area contributed by atoms with Crippen molar-refractivity contribution in [2.24, 2.45) is 23.2 Å². The molecule has 1 amide bonds. The fourth-order valence-corrected chi connectivity index (χ4v) is 8.27. The fourth-order valence-electron chi connectivity index (χ4n) is 8.27. The van der Waals surface area contributed by atoms with Gasteiger partial charge >= 0.3 is 0 Å². The van der Waals surface area contributed by atoms with Gasteiger partial charge < -0.3 is 15.5 Å². The molecule has 0 spiro atoms. The van der Waals surface area contributed by atoms with Crippen LogP contribution < -0.4 is 5.32 Å². The molecule has 0 aliphatic heterocycles. The Hall–Kier alpha value is -2.85. The van der Waals surface area contributed by atoms with Gasteiger partial charge in [0.1, 0.15) is 5.75 Å². The van der Waals surface area contributed by atoms with E-state index in [0.717, 1.165) is 63.5 Å². The van der Waals surface area contributed by atoms with Gasteiger partial charge in [0.25, 0.3) is 0 Å². The van der Waals surface area contributed by atoms with E-state index in [0.29, 0.717) is 29.4 Å². The Morgan fingerprint density at radius 3 is 2.59 bits per heavy atom. The van der Waals surface area contributed by atoms with Crippen molar-refractivity contribution in [1.29, 1.82) is 0 Å². The summed E-state index contributed by atoms with van der Waals surface area (Å²) in [5.74, 6) is 2.64. The van der Waals surface area contributed by atoms with Crippen LogP contribution in [0.4, 0.5) is 0 Å². The monoisotopic (exact) mass is 555 g/mol. The van der Waals surface area contributed by atoms with Gasteiger partial charge in [-0.2, -0.15) is 0 Å². The van der Waals surface area contributed by atoms with Crippen molar-refractivity contribution in [3.63, 3.8) is 0 Å². The Kier molecular flexibility index (Phi) is 9.70. The maximum absolute atomic E-state index is 12.1. The van der Waals surface area contributed by atoms with E-state index in [4.69, 9.17) is 0 Å². The molecule has 4 nitrogen and oxygen atoms in total. The summed E-state index contributed by atoms with van der Waals surface area (Å²) in [5, 5.41) is 24.1. The van der Waals surface area contributed by atoms with Gasteiger partial charge in [-0.05, 0) is 121 Å². The molecule has 2 saturated carbocycles. The first-order valence-electron chi connectivity index (χ1n) is 16.1. The molecule has 0 aromatic heterocycles. The van der Waals surface area contributed by atoms with E-state index < -0.39 is 0 Å². The summed E-state index contributed by atoms with van der Waals surface area (Å²) in [6.07, 6.45) is 20.0. The van der Waals surface area contributed by atoms with Crippen LogP contribution in [0.2, 0.25) is 0 Å². The number of carbonyl (C=O) groups is 1. The Balaban J connectivity index is 1.18. The SMILES string of the molecule is CCCCCCNC(=O)C=Cc1ccc(C=CCC[C@@H]2Cc3cc(O)ccc3C3CC[C@@]4(C)C(CC[C@H]4O)C32)cc1. The highest BCUT2D eigenvalue weighted by Crippen LogP contribution is 2.62. The van der Waals surface area contributed by atoms with Crippen LogP contribution in [0.5, 0.6) is 5.75 Å². The lowest BCUT2D eigenvalue weighted by Crippen LogP contribution is -2.47. The molecule has 3 N–H and O–H groups in total. The summed E-state index contributed by atoms with van der Waals surface area (Å²) in [5.41, 5.74) is 5.02. The van der Waals surface area contributed by atoms with E-state index in [1.54, 1.807) is 6.08 Å². The van der Waals surface area contributed by atoms with Crippen LogP contribution in [0.15, 0.2) is 54.6 Å². The van der Waals surface area contributed by atoms with Crippen LogP contribution in [0.3, 0.4) is 0 Å². The minimum Gasteiger partial charge on any atom is -0.508 e. The lowest BCUT2D eigenvalue weighted by Gasteiger charge is -2.53. The highest BCUT2D eigenvalue weighted by Gasteiger charge is 2.56. The summed E-state index contributed by atoms with van der Waals surface area (Å²) in [6.45, 7) is 5.27. The number of benzene rings is 2. The van der Waals surface area contributed by atoms with Crippen LogP contribution in [0.1, 0.15) is 106 Å². The summed E-state index contributed by atoms with van der Waals surface area (Å²) >= 11 is 0. The van der Waals surface area contributed by atoms with Crippen molar-refractivity contribution in [2.75, 3.05) is 6.54 Å².